The van der Waals surface area contributed by atoms with Gasteiger partial charge >= 0.3 is 0 Å². The first kappa shape index (κ1) is 14.3. The summed E-state index contributed by atoms with van der Waals surface area (Å²) in [7, 11) is 1.68. The zero-order valence-electron chi connectivity index (χ0n) is 12.2. The fourth-order valence-electron chi connectivity index (χ4n) is 2.09. The molecular weight excluding hydrogens is 250 g/mol. The Morgan fingerprint density at radius 1 is 1.05 bits per heavy atom. The molecule has 0 spiro atoms. The van der Waals surface area contributed by atoms with E-state index >= 15 is 0 Å². The summed E-state index contributed by atoms with van der Waals surface area (Å²) in [6, 6.07) is 16.3. The van der Waals surface area contributed by atoms with Gasteiger partial charge in [0.15, 0.2) is 0 Å². The third-order valence-electron chi connectivity index (χ3n) is 3.12. The minimum Gasteiger partial charge on any atom is -0.497 e. The van der Waals surface area contributed by atoms with Crippen LogP contribution in [0.2, 0.25) is 0 Å². The maximum Gasteiger partial charge on any atom is 0.121 e. The Labute approximate surface area is 120 Å². The van der Waals surface area contributed by atoms with Gasteiger partial charge in [0, 0.05) is 17.8 Å². The van der Waals surface area contributed by atoms with Crippen LogP contribution in [0.3, 0.4) is 0 Å². The Bertz CT molecular complexity index is 554. The van der Waals surface area contributed by atoms with Gasteiger partial charge in [-0.25, -0.2) is 0 Å². The van der Waals surface area contributed by atoms with E-state index in [1.165, 1.54) is 5.56 Å². The predicted molar refractivity (Wildman–Crippen MR) is 82.6 cm³/mol. The summed E-state index contributed by atoms with van der Waals surface area (Å²) < 4.78 is 10.8. The molecule has 3 nitrogen and oxygen atoms in total. The Balaban J connectivity index is 2.10. The number of rotatable bonds is 6. The van der Waals surface area contributed by atoms with Crippen molar-refractivity contribution in [1.82, 2.24) is 0 Å². The van der Waals surface area contributed by atoms with Crippen LogP contribution >= 0.6 is 0 Å². The summed E-state index contributed by atoms with van der Waals surface area (Å²) in [5, 5.41) is 3.47. The summed E-state index contributed by atoms with van der Waals surface area (Å²) in [6.07, 6.45) is 0. The Hall–Kier alpha value is -2.16. The van der Waals surface area contributed by atoms with E-state index in [0.717, 1.165) is 17.2 Å². The molecule has 1 N–H and O–H groups in total. The lowest BCUT2D eigenvalue weighted by Gasteiger charge is -2.17. The monoisotopic (exact) mass is 271 g/mol. The molecule has 0 saturated carbocycles. The molecule has 0 aliphatic rings. The van der Waals surface area contributed by atoms with Crippen molar-refractivity contribution in [3.8, 4) is 11.5 Å². The zero-order chi connectivity index (χ0) is 14.4. The Morgan fingerprint density at radius 2 is 1.80 bits per heavy atom. The SMILES string of the molecule is CCOc1cccc(NC(C)c2cccc(OC)c2)c1. The fraction of sp³-hybridized carbons (Fsp3) is 0.294. The molecule has 2 aromatic rings. The lowest BCUT2D eigenvalue weighted by Crippen LogP contribution is -2.06. The first-order chi connectivity index (χ1) is 9.72. The van der Waals surface area contributed by atoms with Crippen LogP contribution in [0.4, 0.5) is 5.69 Å². The zero-order valence-corrected chi connectivity index (χ0v) is 12.2. The fourth-order valence-corrected chi connectivity index (χ4v) is 2.09. The minimum absolute atomic E-state index is 0.196. The van der Waals surface area contributed by atoms with Gasteiger partial charge in [-0.05, 0) is 43.7 Å². The topological polar surface area (TPSA) is 30.5 Å². The molecule has 1 unspecified atom stereocenters. The molecule has 2 aromatic carbocycles. The molecule has 0 aliphatic carbocycles. The second-order valence-corrected chi connectivity index (χ2v) is 4.60. The number of nitrogens with one attached hydrogen (secondary N) is 1. The van der Waals surface area contributed by atoms with Crippen LogP contribution in [0.25, 0.3) is 0 Å². The van der Waals surface area contributed by atoms with Crippen molar-refractivity contribution < 1.29 is 9.47 Å². The average Bonchev–Trinajstić information content (AvgIpc) is 2.48. The molecule has 2 rings (SSSR count). The van der Waals surface area contributed by atoms with Gasteiger partial charge < -0.3 is 14.8 Å². The normalized spacial score (nSPS) is 11.8. The molecule has 0 heterocycles. The van der Waals surface area contributed by atoms with Crippen LogP contribution in [-0.4, -0.2) is 13.7 Å². The van der Waals surface area contributed by atoms with Crippen molar-refractivity contribution in [3.05, 3.63) is 54.1 Å². The van der Waals surface area contributed by atoms with E-state index in [-0.39, 0.29) is 6.04 Å². The van der Waals surface area contributed by atoms with E-state index in [1.807, 2.05) is 49.4 Å². The standard InChI is InChI=1S/C17H21NO2/c1-4-20-17-10-6-8-15(12-17)18-13(2)14-7-5-9-16(11-14)19-3/h5-13,18H,4H2,1-3H3. The highest BCUT2D eigenvalue weighted by Crippen LogP contribution is 2.24. The van der Waals surface area contributed by atoms with Gasteiger partial charge in [0.05, 0.1) is 13.7 Å². The molecule has 3 heteroatoms. The van der Waals surface area contributed by atoms with Crippen LogP contribution in [0.15, 0.2) is 48.5 Å². The lowest BCUT2D eigenvalue weighted by molar-refractivity contribution is 0.340. The molecule has 1 atom stereocenters. The van der Waals surface area contributed by atoms with Crippen molar-refractivity contribution in [1.29, 1.82) is 0 Å². The van der Waals surface area contributed by atoms with E-state index in [1.54, 1.807) is 7.11 Å². The first-order valence-corrected chi connectivity index (χ1v) is 6.86. The highest BCUT2D eigenvalue weighted by molar-refractivity contribution is 5.50. The maximum absolute atomic E-state index is 5.51. The average molecular weight is 271 g/mol. The van der Waals surface area contributed by atoms with Gasteiger partial charge in [-0.1, -0.05) is 18.2 Å². The minimum atomic E-state index is 0.196. The van der Waals surface area contributed by atoms with Crippen LogP contribution in [0.5, 0.6) is 11.5 Å². The number of hydrogen-bond donors (Lipinski definition) is 1. The first-order valence-electron chi connectivity index (χ1n) is 6.86. The van der Waals surface area contributed by atoms with Crippen LogP contribution < -0.4 is 14.8 Å². The molecular formula is C17H21NO2. The summed E-state index contributed by atoms with van der Waals surface area (Å²) in [5.41, 5.74) is 2.23. The van der Waals surface area contributed by atoms with Crippen molar-refractivity contribution in [2.45, 2.75) is 19.9 Å². The summed E-state index contributed by atoms with van der Waals surface area (Å²) in [4.78, 5) is 0. The van der Waals surface area contributed by atoms with Crippen molar-refractivity contribution in [2.24, 2.45) is 0 Å². The van der Waals surface area contributed by atoms with Crippen LogP contribution in [0.1, 0.15) is 25.5 Å². The molecule has 20 heavy (non-hydrogen) atoms. The maximum atomic E-state index is 5.51. The van der Waals surface area contributed by atoms with E-state index < -0.39 is 0 Å². The molecule has 0 aromatic heterocycles. The summed E-state index contributed by atoms with van der Waals surface area (Å²) >= 11 is 0. The van der Waals surface area contributed by atoms with Gasteiger partial charge in [0.1, 0.15) is 11.5 Å². The number of ether oxygens (including phenoxy) is 2. The van der Waals surface area contributed by atoms with E-state index in [9.17, 15) is 0 Å². The quantitative estimate of drug-likeness (QED) is 0.851. The van der Waals surface area contributed by atoms with Crippen molar-refractivity contribution in [2.75, 3.05) is 19.0 Å². The molecule has 0 bridgehead atoms. The number of benzene rings is 2. The van der Waals surface area contributed by atoms with Gasteiger partial charge in [-0.15, -0.1) is 0 Å². The molecule has 0 amide bonds. The predicted octanol–water partition coefficient (Wildman–Crippen LogP) is 4.27. The largest absolute Gasteiger partial charge is 0.497 e. The third-order valence-corrected chi connectivity index (χ3v) is 3.12. The molecule has 106 valence electrons. The molecule has 0 saturated heterocycles. The number of methoxy groups -OCH3 is 1. The number of anilines is 1. The van der Waals surface area contributed by atoms with Gasteiger partial charge in [-0.2, -0.15) is 0 Å². The van der Waals surface area contributed by atoms with Gasteiger partial charge in [-0.3, -0.25) is 0 Å². The van der Waals surface area contributed by atoms with E-state index in [4.69, 9.17) is 9.47 Å². The van der Waals surface area contributed by atoms with Crippen molar-refractivity contribution >= 4 is 5.69 Å². The van der Waals surface area contributed by atoms with Crippen LogP contribution in [-0.2, 0) is 0 Å². The van der Waals surface area contributed by atoms with Crippen molar-refractivity contribution in [3.63, 3.8) is 0 Å². The molecule has 0 radical (unpaired) electrons. The van der Waals surface area contributed by atoms with Gasteiger partial charge in [0.2, 0.25) is 0 Å². The smallest absolute Gasteiger partial charge is 0.121 e. The highest BCUT2D eigenvalue weighted by Gasteiger charge is 2.07. The second kappa shape index (κ2) is 6.85. The van der Waals surface area contributed by atoms with E-state index in [2.05, 4.69) is 18.3 Å². The molecule has 0 fully saturated rings. The summed E-state index contributed by atoms with van der Waals surface area (Å²) in [6.45, 7) is 4.79. The van der Waals surface area contributed by atoms with E-state index in [0.29, 0.717) is 6.61 Å². The number of hydrogen-bond acceptors (Lipinski definition) is 3. The third kappa shape index (κ3) is 3.67. The highest BCUT2D eigenvalue weighted by atomic mass is 16.5. The Kier molecular flexibility index (Phi) is 4.88. The second-order valence-electron chi connectivity index (χ2n) is 4.60. The van der Waals surface area contributed by atoms with Crippen LogP contribution in [0, 0.1) is 0 Å². The lowest BCUT2D eigenvalue weighted by atomic mass is 10.1. The van der Waals surface area contributed by atoms with Gasteiger partial charge in [0.25, 0.3) is 0 Å². The molecule has 0 aliphatic heterocycles. The summed E-state index contributed by atoms with van der Waals surface area (Å²) in [5.74, 6) is 1.76. The Morgan fingerprint density at radius 3 is 2.55 bits per heavy atom.